The van der Waals surface area contributed by atoms with Crippen molar-refractivity contribution in [2.45, 2.75) is 96.3 Å². The van der Waals surface area contributed by atoms with Crippen molar-refractivity contribution in [3.63, 3.8) is 0 Å². The van der Waals surface area contributed by atoms with Gasteiger partial charge in [0.05, 0.1) is 6.33 Å². The zero-order valence-electron chi connectivity index (χ0n) is 18.1. The van der Waals surface area contributed by atoms with Gasteiger partial charge in [0.25, 0.3) is 0 Å². The van der Waals surface area contributed by atoms with E-state index in [1.807, 2.05) is 6.07 Å². The maximum Gasteiger partial charge on any atom is 0.126 e. The summed E-state index contributed by atoms with van der Waals surface area (Å²) in [6.45, 7) is 2.25. The summed E-state index contributed by atoms with van der Waals surface area (Å²) in [5, 5.41) is 0. The van der Waals surface area contributed by atoms with Crippen molar-refractivity contribution in [2.24, 2.45) is 23.7 Å². The Morgan fingerprint density at radius 3 is 2.66 bits per heavy atom. The number of fused-ring (bicyclic) bond motifs is 2. The van der Waals surface area contributed by atoms with Crippen molar-refractivity contribution >= 4 is 0 Å². The minimum atomic E-state index is 0.0663. The standard InChI is InChI=1S/C27H38F2/c1-2-3-4-5-19-7-9-24-17-25(18-27(29)26(24)15-19)23-11-10-21-14-20(12-13-28)6-8-22(21)16-23/h12-13,17-23H,2-11,14-16H2,1H3/b13-12+. The first-order valence-electron chi connectivity index (χ1n) is 12.3. The highest BCUT2D eigenvalue weighted by molar-refractivity contribution is 5.37. The number of hydrogen-bond donors (Lipinski definition) is 0. The van der Waals surface area contributed by atoms with E-state index in [1.165, 1.54) is 68.9 Å². The molecule has 1 aromatic rings. The Labute approximate surface area is 176 Å². The van der Waals surface area contributed by atoms with Crippen molar-refractivity contribution in [2.75, 3.05) is 0 Å². The summed E-state index contributed by atoms with van der Waals surface area (Å²) in [4.78, 5) is 0. The predicted octanol–water partition coefficient (Wildman–Crippen LogP) is 8.29. The second-order valence-electron chi connectivity index (χ2n) is 10.2. The lowest BCUT2D eigenvalue weighted by molar-refractivity contribution is 0.133. The van der Waals surface area contributed by atoms with Crippen LogP contribution in [0.1, 0.15) is 100 Å². The molecule has 3 aliphatic carbocycles. The molecule has 3 aliphatic rings. The van der Waals surface area contributed by atoms with E-state index in [0.29, 0.717) is 17.8 Å². The van der Waals surface area contributed by atoms with Crippen LogP contribution in [-0.4, -0.2) is 0 Å². The minimum absolute atomic E-state index is 0.0663. The third kappa shape index (κ3) is 4.94. The van der Waals surface area contributed by atoms with Crippen LogP contribution >= 0.6 is 0 Å². The van der Waals surface area contributed by atoms with E-state index in [9.17, 15) is 4.39 Å². The van der Waals surface area contributed by atoms with E-state index in [2.05, 4.69) is 13.0 Å². The second kappa shape index (κ2) is 9.75. The van der Waals surface area contributed by atoms with Crippen LogP contribution in [0.4, 0.5) is 8.78 Å². The van der Waals surface area contributed by atoms with Crippen molar-refractivity contribution < 1.29 is 8.78 Å². The van der Waals surface area contributed by atoms with Gasteiger partial charge in [-0.15, -0.1) is 0 Å². The summed E-state index contributed by atoms with van der Waals surface area (Å²) in [6.07, 6.45) is 17.9. The number of allylic oxidation sites excluding steroid dienone is 1. The molecule has 0 amide bonds. The molecule has 5 atom stereocenters. The van der Waals surface area contributed by atoms with Crippen LogP contribution in [0.3, 0.4) is 0 Å². The number of halogens is 2. The summed E-state index contributed by atoms with van der Waals surface area (Å²) >= 11 is 0. The van der Waals surface area contributed by atoms with Gasteiger partial charge in [-0.25, -0.2) is 8.78 Å². The fraction of sp³-hybridized carbons (Fsp3) is 0.704. The molecule has 5 unspecified atom stereocenters. The van der Waals surface area contributed by atoms with Crippen LogP contribution < -0.4 is 0 Å². The first-order chi connectivity index (χ1) is 14.2. The molecule has 0 saturated heterocycles. The monoisotopic (exact) mass is 400 g/mol. The van der Waals surface area contributed by atoms with Crippen LogP contribution in [0.15, 0.2) is 24.5 Å². The molecule has 4 rings (SSSR count). The number of aryl methyl sites for hydroxylation is 1. The third-order valence-electron chi connectivity index (χ3n) is 8.31. The van der Waals surface area contributed by atoms with E-state index in [-0.39, 0.29) is 5.82 Å². The Balaban J connectivity index is 1.40. The average Bonchev–Trinajstić information content (AvgIpc) is 2.74. The number of unbranched alkanes of at least 4 members (excludes halogenated alkanes) is 2. The van der Waals surface area contributed by atoms with Gasteiger partial charge in [0.1, 0.15) is 5.82 Å². The zero-order chi connectivity index (χ0) is 20.2. The first-order valence-corrected chi connectivity index (χ1v) is 12.3. The summed E-state index contributed by atoms with van der Waals surface area (Å²) in [5.74, 6) is 3.19. The van der Waals surface area contributed by atoms with Crippen LogP contribution in [0, 0.1) is 29.5 Å². The summed E-state index contributed by atoms with van der Waals surface area (Å²) in [7, 11) is 0. The molecule has 29 heavy (non-hydrogen) atoms. The van der Waals surface area contributed by atoms with Crippen LogP contribution in [0.25, 0.3) is 0 Å². The number of rotatable bonds is 6. The molecule has 0 bridgehead atoms. The van der Waals surface area contributed by atoms with E-state index in [4.69, 9.17) is 0 Å². The van der Waals surface area contributed by atoms with Gasteiger partial charge in [-0.2, -0.15) is 0 Å². The van der Waals surface area contributed by atoms with Crippen molar-refractivity contribution in [1.82, 2.24) is 0 Å². The average molecular weight is 401 g/mol. The van der Waals surface area contributed by atoms with Gasteiger partial charge in [0.2, 0.25) is 0 Å². The van der Waals surface area contributed by atoms with Gasteiger partial charge in [0, 0.05) is 0 Å². The Kier molecular flexibility index (Phi) is 7.08. The number of benzene rings is 1. The Hall–Kier alpha value is -1.18. The molecule has 0 nitrogen and oxygen atoms in total. The molecule has 2 heteroatoms. The van der Waals surface area contributed by atoms with Gasteiger partial charge in [-0.3, -0.25) is 0 Å². The first kappa shape index (κ1) is 21.1. The third-order valence-corrected chi connectivity index (χ3v) is 8.31. The van der Waals surface area contributed by atoms with Crippen molar-refractivity contribution in [3.05, 3.63) is 47.0 Å². The molecule has 0 aliphatic heterocycles. The maximum absolute atomic E-state index is 15.1. The fourth-order valence-electron chi connectivity index (χ4n) is 6.59. The topological polar surface area (TPSA) is 0 Å². The summed E-state index contributed by atoms with van der Waals surface area (Å²) in [6, 6.07) is 4.25. The highest BCUT2D eigenvalue weighted by Crippen LogP contribution is 2.48. The summed E-state index contributed by atoms with van der Waals surface area (Å²) in [5.41, 5.74) is 3.58. The molecule has 0 radical (unpaired) electrons. The SMILES string of the molecule is CCCCCC1CCc2cc(C3CCC4CC(/C=C/F)CCC4C3)cc(F)c2C1. The van der Waals surface area contributed by atoms with E-state index in [1.54, 1.807) is 6.08 Å². The molecular formula is C27H38F2. The lowest BCUT2D eigenvalue weighted by Gasteiger charge is -2.42. The Bertz CT molecular complexity index is 707. The largest absolute Gasteiger partial charge is 0.216 e. The van der Waals surface area contributed by atoms with Crippen LogP contribution in [0.2, 0.25) is 0 Å². The zero-order valence-corrected chi connectivity index (χ0v) is 18.1. The van der Waals surface area contributed by atoms with Crippen LogP contribution in [-0.2, 0) is 12.8 Å². The number of hydrogen-bond acceptors (Lipinski definition) is 0. The Morgan fingerprint density at radius 2 is 1.83 bits per heavy atom. The van der Waals surface area contributed by atoms with Gasteiger partial charge in [0.15, 0.2) is 0 Å². The minimum Gasteiger partial charge on any atom is -0.216 e. The second-order valence-corrected chi connectivity index (χ2v) is 10.2. The molecule has 160 valence electrons. The molecule has 0 N–H and O–H groups in total. The van der Waals surface area contributed by atoms with Gasteiger partial charge < -0.3 is 0 Å². The highest BCUT2D eigenvalue weighted by atomic mass is 19.1. The van der Waals surface area contributed by atoms with E-state index < -0.39 is 0 Å². The predicted molar refractivity (Wildman–Crippen MR) is 117 cm³/mol. The van der Waals surface area contributed by atoms with Gasteiger partial charge in [-0.1, -0.05) is 44.7 Å². The smallest absolute Gasteiger partial charge is 0.126 e. The molecule has 1 aromatic carbocycles. The maximum atomic E-state index is 15.1. The molecule has 0 heterocycles. The molecule has 0 aromatic heterocycles. The van der Waals surface area contributed by atoms with Gasteiger partial charge in [-0.05, 0) is 110 Å². The molecule has 2 fully saturated rings. The lowest BCUT2D eigenvalue weighted by Crippen LogP contribution is -2.30. The van der Waals surface area contributed by atoms with E-state index in [0.717, 1.165) is 49.4 Å². The normalized spacial score (nSPS) is 32.2. The quantitative estimate of drug-likeness (QED) is 0.421. The molecular weight excluding hydrogens is 362 g/mol. The summed E-state index contributed by atoms with van der Waals surface area (Å²) < 4.78 is 27.6. The highest BCUT2D eigenvalue weighted by Gasteiger charge is 2.36. The van der Waals surface area contributed by atoms with Gasteiger partial charge >= 0.3 is 0 Å². The molecule has 0 spiro atoms. The van der Waals surface area contributed by atoms with E-state index >= 15 is 4.39 Å². The van der Waals surface area contributed by atoms with Crippen molar-refractivity contribution in [3.8, 4) is 0 Å². The Morgan fingerprint density at radius 1 is 1.00 bits per heavy atom. The fourth-order valence-corrected chi connectivity index (χ4v) is 6.59. The van der Waals surface area contributed by atoms with Crippen molar-refractivity contribution in [1.29, 1.82) is 0 Å². The lowest BCUT2D eigenvalue weighted by atomic mass is 9.63. The van der Waals surface area contributed by atoms with Crippen LogP contribution in [0.5, 0.6) is 0 Å². The molecule has 2 saturated carbocycles.